The van der Waals surface area contributed by atoms with Crippen molar-refractivity contribution in [2.45, 2.75) is 6.42 Å². The predicted octanol–water partition coefficient (Wildman–Crippen LogP) is 3.46. The summed E-state index contributed by atoms with van der Waals surface area (Å²) in [6.45, 7) is 4.66. The normalized spacial score (nSPS) is 13.5. The molecule has 0 amide bonds. The monoisotopic (exact) mass is 308 g/mol. The molecule has 108 valence electrons. The van der Waals surface area contributed by atoms with Crippen LogP contribution >= 0.6 is 11.3 Å². The van der Waals surface area contributed by atoms with Crippen molar-refractivity contribution >= 4 is 16.9 Å². The largest absolute Gasteiger partial charge is 0.476 e. The Kier molecular flexibility index (Phi) is 3.16. The number of thiazole rings is 1. The number of hydrogen-bond acceptors (Lipinski definition) is 6. The van der Waals surface area contributed by atoms with Gasteiger partial charge in [-0.05, 0) is 17.7 Å². The Balaban J connectivity index is 1.73. The van der Waals surface area contributed by atoms with Crippen LogP contribution in [0.2, 0.25) is 0 Å². The van der Waals surface area contributed by atoms with E-state index in [1.807, 2.05) is 18.3 Å². The fraction of sp³-hybridized carbons (Fsp3) is 0.125. The van der Waals surface area contributed by atoms with E-state index in [0.29, 0.717) is 12.5 Å². The average molecular weight is 308 g/mol. The Morgan fingerprint density at radius 2 is 2.14 bits per heavy atom. The van der Waals surface area contributed by atoms with Crippen LogP contribution < -0.4 is 4.74 Å². The summed E-state index contributed by atoms with van der Waals surface area (Å²) in [5.41, 5.74) is 3.50. The van der Waals surface area contributed by atoms with Gasteiger partial charge in [0.05, 0.1) is 17.7 Å². The van der Waals surface area contributed by atoms with Gasteiger partial charge < -0.3 is 4.74 Å². The van der Waals surface area contributed by atoms with Gasteiger partial charge in [-0.15, -0.1) is 11.3 Å². The number of nitrogens with zero attached hydrogens (tertiary/aromatic N) is 4. The molecule has 0 aliphatic carbocycles. The molecule has 0 atom stereocenters. The first kappa shape index (κ1) is 13.1. The molecule has 1 aliphatic rings. The van der Waals surface area contributed by atoms with E-state index in [1.165, 1.54) is 0 Å². The van der Waals surface area contributed by atoms with Crippen LogP contribution in [0.4, 0.5) is 0 Å². The van der Waals surface area contributed by atoms with E-state index in [1.54, 1.807) is 29.9 Å². The Hall–Kier alpha value is -2.60. The van der Waals surface area contributed by atoms with Crippen molar-refractivity contribution in [3.05, 3.63) is 49.2 Å². The van der Waals surface area contributed by atoms with Gasteiger partial charge in [0.1, 0.15) is 16.4 Å². The maximum atomic E-state index is 5.50. The molecule has 0 unspecified atom stereocenters. The van der Waals surface area contributed by atoms with Crippen molar-refractivity contribution in [3.63, 3.8) is 0 Å². The number of hydrogen-bond donors (Lipinski definition) is 0. The van der Waals surface area contributed by atoms with Crippen molar-refractivity contribution in [2.24, 2.45) is 0 Å². The first-order valence-corrected chi connectivity index (χ1v) is 7.67. The molecule has 0 fully saturated rings. The van der Waals surface area contributed by atoms with Crippen LogP contribution in [0.25, 0.3) is 26.7 Å². The summed E-state index contributed by atoms with van der Waals surface area (Å²) >= 11 is 1.57. The van der Waals surface area contributed by atoms with E-state index in [9.17, 15) is 0 Å². The lowest BCUT2D eigenvalue weighted by Gasteiger charge is -2.17. The van der Waals surface area contributed by atoms with Gasteiger partial charge in [0.25, 0.3) is 0 Å². The molecule has 4 heterocycles. The fourth-order valence-electron chi connectivity index (χ4n) is 2.24. The lowest BCUT2D eigenvalue weighted by Crippen LogP contribution is -2.10. The highest BCUT2D eigenvalue weighted by Crippen LogP contribution is 2.34. The summed E-state index contributed by atoms with van der Waals surface area (Å²) in [7, 11) is 0. The summed E-state index contributed by atoms with van der Waals surface area (Å²) in [6.07, 6.45) is 7.87. The van der Waals surface area contributed by atoms with Crippen molar-refractivity contribution in [2.75, 3.05) is 6.61 Å². The van der Waals surface area contributed by atoms with Crippen LogP contribution in [-0.4, -0.2) is 26.5 Å². The summed E-state index contributed by atoms with van der Waals surface area (Å²) in [6, 6.07) is 3.89. The second-order valence-corrected chi connectivity index (χ2v) is 5.91. The van der Waals surface area contributed by atoms with Crippen molar-refractivity contribution in [1.82, 2.24) is 19.9 Å². The number of rotatable bonds is 2. The molecule has 0 N–H and O–H groups in total. The Labute approximate surface area is 131 Å². The molecule has 0 bridgehead atoms. The second kappa shape index (κ2) is 5.31. The van der Waals surface area contributed by atoms with Gasteiger partial charge in [-0.2, -0.15) is 0 Å². The van der Waals surface area contributed by atoms with Gasteiger partial charge in [-0.3, -0.25) is 4.98 Å². The molecular weight excluding hydrogens is 296 g/mol. The van der Waals surface area contributed by atoms with Crippen LogP contribution in [0.1, 0.15) is 12.1 Å². The lowest BCUT2D eigenvalue weighted by molar-refractivity contribution is 0.301. The molecule has 0 radical (unpaired) electrons. The molecule has 0 saturated carbocycles. The topological polar surface area (TPSA) is 60.8 Å². The number of pyridine rings is 1. The van der Waals surface area contributed by atoms with Gasteiger partial charge in [-0.1, -0.05) is 6.58 Å². The van der Waals surface area contributed by atoms with E-state index in [4.69, 9.17) is 4.74 Å². The molecule has 3 aromatic heterocycles. The molecule has 3 aromatic rings. The highest BCUT2D eigenvalue weighted by molar-refractivity contribution is 7.18. The molecule has 5 nitrogen and oxygen atoms in total. The van der Waals surface area contributed by atoms with E-state index in [0.717, 1.165) is 38.8 Å². The van der Waals surface area contributed by atoms with Crippen molar-refractivity contribution in [3.8, 4) is 27.0 Å². The molecular formula is C16H12N4OS. The summed E-state index contributed by atoms with van der Waals surface area (Å²) < 4.78 is 5.50. The van der Waals surface area contributed by atoms with E-state index in [2.05, 4.69) is 26.5 Å². The molecule has 0 aromatic carbocycles. The molecule has 6 heteroatoms. The minimum Gasteiger partial charge on any atom is -0.476 e. The lowest BCUT2D eigenvalue weighted by atomic mass is 10.1. The van der Waals surface area contributed by atoms with Crippen molar-refractivity contribution < 1.29 is 4.74 Å². The van der Waals surface area contributed by atoms with Crippen LogP contribution in [-0.2, 0) is 0 Å². The maximum Gasteiger partial charge on any atom is 0.240 e. The minimum atomic E-state index is 0.567. The maximum absolute atomic E-state index is 5.50. The number of aromatic nitrogens is 4. The first-order chi connectivity index (χ1) is 10.8. The summed E-state index contributed by atoms with van der Waals surface area (Å²) in [4.78, 5) is 18.5. The molecule has 22 heavy (non-hydrogen) atoms. The van der Waals surface area contributed by atoms with Crippen molar-refractivity contribution in [1.29, 1.82) is 0 Å². The standard InChI is InChI=1S/C16H12N4OS/c1-10-4-6-21-15-14(10)20-12(8-18-15)13-9-19-16(22-13)11-3-2-5-17-7-11/h2-3,5,7-9H,1,4,6H2. The third-order valence-corrected chi connectivity index (χ3v) is 4.45. The van der Waals surface area contributed by atoms with Crippen LogP contribution in [0.5, 0.6) is 5.88 Å². The van der Waals surface area contributed by atoms with Gasteiger partial charge in [0.15, 0.2) is 0 Å². The zero-order valence-electron chi connectivity index (χ0n) is 11.7. The van der Waals surface area contributed by atoms with Crippen LogP contribution in [0.15, 0.2) is 43.5 Å². The Bertz CT molecular complexity index is 844. The molecule has 0 saturated heterocycles. The Morgan fingerprint density at radius 1 is 1.18 bits per heavy atom. The van der Waals surface area contributed by atoms with Gasteiger partial charge >= 0.3 is 0 Å². The van der Waals surface area contributed by atoms with Gasteiger partial charge in [-0.25, -0.2) is 15.0 Å². The van der Waals surface area contributed by atoms with E-state index < -0.39 is 0 Å². The number of ether oxygens (including phenoxy) is 1. The van der Waals surface area contributed by atoms with Crippen LogP contribution in [0.3, 0.4) is 0 Å². The highest BCUT2D eigenvalue weighted by atomic mass is 32.1. The van der Waals surface area contributed by atoms with Gasteiger partial charge in [0, 0.05) is 30.6 Å². The average Bonchev–Trinajstić information content (AvgIpc) is 3.06. The third kappa shape index (κ3) is 2.27. The molecule has 4 rings (SSSR count). The smallest absolute Gasteiger partial charge is 0.240 e. The predicted molar refractivity (Wildman–Crippen MR) is 85.5 cm³/mol. The Morgan fingerprint density at radius 3 is 3.00 bits per heavy atom. The first-order valence-electron chi connectivity index (χ1n) is 6.86. The summed E-state index contributed by atoms with van der Waals surface area (Å²) in [5.74, 6) is 0.567. The number of fused-ring (bicyclic) bond motifs is 1. The fourth-order valence-corrected chi connectivity index (χ4v) is 3.10. The zero-order chi connectivity index (χ0) is 14.9. The van der Waals surface area contributed by atoms with Crippen LogP contribution in [0, 0.1) is 0 Å². The third-order valence-electron chi connectivity index (χ3n) is 3.38. The van der Waals surface area contributed by atoms with E-state index >= 15 is 0 Å². The van der Waals surface area contributed by atoms with E-state index in [-0.39, 0.29) is 0 Å². The SMILES string of the molecule is C=C1CCOc2ncc(-c3cnc(-c4cccnc4)s3)nc21. The molecule has 0 spiro atoms. The highest BCUT2D eigenvalue weighted by Gasteiger charge is 2.18. The van der Waals surface area contributed by atoms with Gasteiger partial charge in [0.2, 0.25) is 5.88 Å². The minimum absolute atomic E-state index is 0.567. The zero-order valence-corrected chi connectivity index (χ0v) is 12.5. The quantitative estimate of drug-likeness (QED) is 0.725. The molecule has 1 aliphatic heterocycles. The summed E-state index contributed by atoms with van der Waals surface area (Å²) in [5, 5.41) is 0.915. The second-order valence-electron chi connectivity index (χ2n) is 4.88.